The average Bonchev–Trinajstić information content (AvgIpc) is 2.61. The summed E-state index contributed by atoms with van der Waals surface area (Å²) < 4.78 is 5.08. The van der Waals surface area contributed by atoms with Gasteiger partial charge >= 0.3 is 6.09 Å². The topological polar surface area (TPSA) is 58.6 Å². The fraction of sp³-hybridized carbons (Fsp3) is 0.619. The number of hydrogen-bond acceptors (Lipinski definition) is 3. The molecule has 0 unspecified atom stereocenters. The fourth-order valence-electron chi connectivity index (χ4n) is 3.49. The number of rotatable bonds is 5. The summed E-state index contributed by atoms with van der Waals surface area (Å²) in [6.07, 6.45) is 1.29. The molecule has 5 heteroatoms. The molecule has 0 radical (unpaired) electrons. The summed E-state index contributed by atoms with van der Waals surface area (Å²) in [5, 5.41) is 3.19. The second-order valence-electron chi connectivity index (χ2n) is 7.59. The summed E-state index contributed by atoms with van der Waals surface area (Å²) in [5.41, 5.74) is 3.25. The van der Waals surface area contributed by atoms with Gasteiger partial charge in [0.1, 0.15) is 0 Å². The van der Waals surface area contributed by atoms with Gasteiger partial charge in [0.2, 0.25) is 5.91 Å². The Bertz CT molecular complexity index is 614. The van der Waals surface area contributed by atoms with E-state index < -0.39 is 0 Å². The van der Waals surface area contributed by atoms with Crippen molar-refractivity contribution in [3.8, 4) is 0 Å². The first kappa shape index (κ1) is 20.3. The lowest BCUT2D eigenvalue weighted by atomic mass is 9.91. The molecule has 2 rings (SSSR count). The Morgan fingerprint density at radius 1 is 1.19 bits per heavy atom. The van der Waals surface area contributed by atoms with Gasteiger partial charge in [-0.05, 0) is 42.7 Å². The van der Waals surface area contributed by atoms with Crippen LogP contribution >= 0.6 is 0 Å². The molecule has 2 amide bonds. The smallest absolute Gasteiger partial charge is 0.409 e. The van der Waals surface area contributed by atoms with Crippen molar-refractivity contribution in [1.82, 2.24) is 4.90 Å². The molecule has 1 aromatic rings. The molecule has 0 aliphatic carbocycles. The molecule has 1 fully saturated rings. The van der Waals surface area contributed by atoms with Crippen LogP contribution in [-0.4, -0.2) is 36.6 Å². The number of nitrogens with one attached hydrogen (secondary N) is 1. The van der Waals surface area contributed by atoms with E-state index in [2.05, 4.69) is 51.2 Å². The molecular weight excluding hydrogens is 328 g/mol. The van der Waals surface area contributed by atoms with Crippen LogP contribution in [0.2, 0.25) is 0 Å². The number of amides is 2. The minimum atomic E-state index is -0.324. The van der Waals surface area contributed by atoms with Gasteiger partial charge in [0.15, 0.2) is 0 Å². The van der Waals surface area contributed by atoms with Gasteiger partial charge in [-0.15, -0.1) is 0 Å². The fourth-order valence-corrected chi connectivity index (χ4v) is 3.49. The van der Waals surface area contributed by atoms with Crippen LogP contribution in [0.5, 0.6) is 0 Å². The minimum absolute atomic E-state index is 0.00556. The van der Waals surface area contributed by atoms with Crippen molar-refractivity contribution >= 4 is 17.7 Å². The highest BCUT2D eigenvalue weighted by Gasteiger charge is 2.30. The van der Waals surface area contributed by atoms with E-state index in [1.54, 1.807) is 11.8 Å². The third-order valence-electron chi connectivity index (χ3n) is 4.94. The first-order valence-electron chi connectivity index (χ1n) is 9.70. The number of hydrogen-bond donors (Lipinski definition) is 1. The minimum Gasteiger partial charge on any atom is -0.450 e. The number of piperidine rings is 1. The van der Waals surface area contributed by atoms with E-state index in [4.69, 9.17) is 4.74 Å². The number of nitrogens with zero attached hydrogens (tertiary/aromatic N) is 1. The second-order valence-corrected chi connectivity index (χ2v) is 7.59. The third kappa shape index (κ3) is 4.77. The van der Waals surface area contributed by atoms with Crippen LogP contribution in [0.3, 0.4) is 0 Å². The Balaban J connectivity index is 2.18. The SMILES string of the molecule is CCOC(=O)N1CCC[C@H](C(=O)Nc2c(C(C)C)cccc2C(C)C)C1. The quantitative estimate of drug-likeness (QED) is 0.825. The highest BCUT2D eigenvalue weighted by molar-refractivity contribution is 5.94. The van der Waals surface area contributed by atoms with Gasteiger partial charge in [-0.3, -0.25) is 4.79 Å². The number of carbonyl (C=O) groups excluding carboxylic acids is 2. The molecule has 0 saturated carbocycles. The van der Waals surface area contributed by atoms with Crippen LogP contribution in [0.4, 0.5) is 10.5 Å². The molecule has 1 N–H and O–H groups in total. The predicted molar refractivity (Wildman–Crippen MR) is 105 cm³/mol. The van der Waals surface area contributed by atoms with Crippen molar-refractivity contribution in [2.24, 2.45) is 5.92 Å². The van der Waals surface area contributed by atoms with Gasteiger partial charge in [0.05, 0.1) is 12.5 Å². The summed E-state index contributed by atoms with van der Waals surface area (Å²) in [6, 6.07) is 6.22. The van der Waals surface area contributed by atoms with E-state index >= 15 is 0 Å². The van der Waals surface area contributed by atoms with E-state index in [1.807, 2.05) is 0 Å². The van der Waals surface area contributed by atoms with E-state index in [-0.39, 0.29) is 17.9 Å². The molecular formula is C21H32N2O3. The Labute approximate surface area is 157 Å². The molecule has 1 heterocycles. The summed E-state index contributed by atoms with van der Waals surface area (Å²) in [5.74, 6) is 0.445. The number of ether oxygens (including phenoxy) is 1. The molecule has 144 valence electrons. The van der Waals surface area contributed by atoms with Crippen LogP contribution in [0.25, 0.3) is 0 Å². The van der Waals surface area contributed by atoms with Gasteiger partial charge in [0, 0.05) is 18.8 Å². The highest BCUT2D eigenvalue weighted by Crippen LogP contribution is 2.33. The Morgan fingerprint density at radius 3 is 2.35 bits per heavy atom. The van der Waals surface area contributed by atoms with Crippen molar-refractivity contribution in [2.75, 3.05) is 25.0 Å². The van der Waals surface area contributed by atoms with E-state index in [9.17, 15) is 9.59 Å². The van der Waals surface area contributed by atoms with Crippen LogP contribution in [0.1, 0.15) is 70.4 Å². The first-order chi connectivity index (χ1) is 12.3. The van der Waals surface area contributed by atoms with Gasteiger partial charge in [-0.25, -0.2) is 4.79 Å². The highest BCUT2D eigenvalue weighted by atomic mass is 16.6. The number of para-hydroxylation sites is 1. The summed E-state index contributed by atoms with van der Waals surface area (Å²) in [4.78, 5) is 26.6. The van der Waals surface area contributed by atoms with E-state index in [0.717, 1.165) is 29.7 Å². The Morgan fingerprint density at radius 2 is 1.81 bits per heavy atom. The molecule has 0 aromatic heterocycles. The Kier molecular flexibility index (Phi) is 7.06. The molecule has 1 atom stereocenters. The Hall–Kier alpha value is -2.04. The monoisotopic (exact) mass is 360 g/mol. The largest absolute Gasteiger partial charge is 0.450 e. The van der Waals surface area contributed by atoms with Gasteiger partial charge < -0.3 is 15.0 Å². The number of anilines is 1. The number of benzene rings is 1. The maximum absolute atomic E-state index is 13.0. The van der Waals surface area contributed by atoms with Crippen LogP contribution in [0, 0.1) is 5.92 Å². The van der Waals surface area contributed by atoms with E-state index in [1.165, 1.54) is 0 Å². The van der Waals surface area contributed by atoms with Crippen LogP contribution in [-0.2, 0) is 9.53 Å². The molecule has 1 aliphatic heterocycles. The van der Waals surface area contributed by atoms with Crippen LogP contribution in [0.15, 0.2) is 18.2 Å². The predicted octanol–water partition coefficient (Wildman–Crippen LogP) is 4.74. The summed E-state index contributed by atoms with van der Waals surface area (Å²) >= 11 is 0. The zero-order valence-electron chi connectivity index (χ0n) is 16.7. The molecule has 26 heavy (non-hydrogen) atoms. The van der Waals surface area contributed by atoms with Crippen molar-refractivity contribution < 1.29 is 14.3 Å². The lowest BCUT2D eigenvalue weighted by molar-refractivity contribution is -0.121. The molecule has 1 saturated heterocycles. The average molecular weight is 360 g/mol. The third-order valence-corrected chi connectivity index (χ3v) is 4.94. The van der Waals surface area contributed by atoms with Crippen molar-refractivity contribution in [3.05, 3.63) is 29.3 Å². The van der Waals surface area contributed by atoms with Crippen LogP contribution < -0.4 is 5.32 Å². The zero-order chi connectivity index (χ0) is 19.3. The van der Waals surface area contributed by atoms with Crippen molar-refractivity contribution in [1.29, 1.82) is 0 Å². The number of carbonyl (C=O) groups is 2. The van der Waals surface area contributed by atoms with Gasteiger partial charge in [-0.1, -0.05) is 45.9 Å². The normalized spacial score (nSPS) is 17.5. The number of likely N-dealkylation sites (tertiary alicyclic amines) is 1. The van der Waals surface area contributed by atoms with Crippen molar-refractivity contribution in [3.63, 3.8) is 0 Å². The summed E-state index contributed by atoms with van der Waals surface area (Å²) in [6.45, 7) is 11.8. The first-order valence-corrected chi connectivity index (χ1v) is 9.70. The second kappa shape index (κ2) is 9.06. The molecule has 0 bridgehead atoms. The van der Waals surface area contributed by atoms with Gasteiger partial charge in [-0.2, -0.15) is 0 Å². The maximum Gasteiger partial charge on any atom is 0.409 e. The zero-order valence-corrected chi connectivity index (χ0v) is 16.7. The van der Waals surface area contributed by atoms with Gasteiger partial charge in [0.25, 0.3) is 0 Å². The molecule has 5 nitrogen and oxygen atoms in total. The summed E-state index contributed by atoms with van der Waals surface area (Å²) in [7, 11) is 0. The molecule has 1 aromatic carbocycles. The molecule has 0 spiro atoms. The standard InChI is InChI=1S/C21H32N2O3/c1-6-26-21(25)23-12-8-9-16(13-23)20(24)22-19-17(14(2)3)10-7-11-18(19)15(4)5/h7,10-11,14-16H,6,8-9,12-13H2,1-5H3,(H,22,24)/t16-/m0/s1. The molecule has 1 aliphatic rings. The lowest BCUT2D eigenvalue weighted by Crippen LogP contribution is -2.44. The van der Waals surface area contributed by atoms with E-state index in [0.29, 0.717) is 31.5 Å². The van der Waals surface area contributed by atoms with Crippen molar-refractivity contribution in [2.45, 2.75) is 59.3 Å². The lowest BCUT2D eigenvalue weighted by Gasteiger charge is -2.31. The maximum atomic E-state index is 13.0.